The van der Waals surface area contributed by atoms with Gasteiger partial charge in [0.05, 0.1) is 13.1 Å². The molecule has 0 aliphatic heterocycles. The maximum absolute atomic E-state index is 4.42. The molecule has 0 atom stereocenters. The topological polar surface area (TPSA) is 31.2 Å². The van der Waals surface area contributed by atoms with Crippen LogP contribution < -0.4 is 0 Å². The van der Waals surface area contributed by atoms with Crippen molar-refractivity contribution in [2.45, 2.75) is 0 Å². The minimum absolute atomic E-state index is 0. The van der Waals surface area contributed by atoms with Gasteiger partial charge in [-0.25, -0.2) is 0 Å². The van der Waals surface area contributed by atoms with Crippen molar-refractivity contribution < 1.29 is 42.1 Å². The Morgan fingerprint density at radius 3 is 1.38 bits per heavy atom. The van der Waals surface area contributed by atoms with Crippen LogP contribution in [0.25, 0.3) is 0 Å². The van der Waals surface area contributed by atoms with E-state index in [4.69, 9.17) is 0 Å². The van der Waals surface area contributed by atoms with Crippen molar-refractivity contribution in [1.29, 1.82) is 0 Å². The van der Waals surface area contributed by atoms with Crippen LogP contribution in [0.4, 0.5) is 0 Å². The number of hydrogen-bond acceptors (Lipinski definition) is 4. The van der Waals surface area contributed by atoms with E-state index in [1.165, 1.54) is 0 Å². The van der Waals surface area contributed by atoms with E-state index in [1.807, 2.05) is 18.5 Å². The van der Waals surface area contributed by atoms with Crippen molar-refractivity contribution in [3.05, 3.63) is 65.1 Å². The molecule has 0 bridgehead atoms. The molecule has 0 amide bonds. The Morgan fingerprint density at radius 1 is 0.731 bits per heavy atom. The van der Waals surface area contributed by atoms with E-state index in [1.54, 1.807) is 0 Å². The second kappa shape index (κ2) is 24.9. The molecule has 26 heavy (non-hydrogen) atoms. The van der Waals surface area contributed by atoms with Crippen molar-refractivity contribution >= 4 is 12.4 Å². The molecule has 1 aromatic rings. The summed E-state index contributed by atoms with van der Waals surface area (Å²) in [6.45, 7) is 3.60. The third-order valence-corrected chi connectivity index (χ3v) is 2.74. The summed E-state index contributed by atoms with van der Waals surface area (Å²) in [6.07, 6.45) is 3.86. The van der Waals surface area contributed by atoms with Crippen LogP contribution in [0.5, 0.6) is 0 Å². The van der Waals surface area contributed by atoms with Gasteiger partial charge in [-0.2, -0.15) is 0 Å². The summed E-state index contributed by atoms with van der Waals surface area (Å²) in [6, 6.07) is 8.28. The van der Waals surface area contributed by atoms with Gasteiger partial charge in [0, 0.05) is 67.6 Å². The number of likely N-dealkylation sites (N-methyl/N-ethyl adjacent to an activating group) is 2. The van der Waals surface area contributed by atoms with E-state index in [-0.39, 0.29) is 71.8 Å². The van der Waals surface area contributed by atoms with Crippen LogP contribution in [0.3, 0.4) is 0 Å². The molecule has 4 nitrogen and oxygen atoms in total. The third kappa shape index (κ3) is 21.9. The van der Waals surface area contributed by atoms with E-state index in [9.17, 15) is 0 Å². The first-order valence-electron chi connectivity index (χ1n) is 6.97. The summed E-state index contributed by atoms with van der Waals surface area (Å²) in [7, 11) is 8.22. The molecule has 6 heteroatoms. The largest absolute Gasteiger partial charge is 0.358 e. The van der Waals surface area contributed by atoms with Crippen LogP contribution in [0.1, 0.15) is 11.1 Å². The quantitative estimate of drug-likeness (QED) is 0.304. The molecule has 0 unspecified atom stereocenters. The van der Waals surface area contributed by atoms with Gasteiger partial charge in [-0.3, -0.25) is 9.98 Å². The molecular weight excluding hydrogens is 686 g/mol. The first kappa shape index (κ1) is 40.5. The molecule has 162 valence electrons. The Balaban J connectivity index is -0.000000167. The first-order chi connectivity index (χ1) is 9.58. The van der Waals surface area contributed by atoms with Gasteiger partial charge in [-0.05, 0) is 45.4 Å². The number of rotatable bonds is 8. The SMILES string of the molecule is CN(C)CCN=Cc1cccc(C=NCCN(C)C)c1.[CH3-].[CH3-].[CH3-].[CH3-].[Pt].[Pt]. The third-order valence-electron chi connectivity index (χ3n) is 2.74. The minimum Gasteiger partial charge on any atom is -0.358 e. The second-order valence-corrected chi connectivity index (χ2v) is 5.35. The summed E-state index contributed by atoms with van der Waals surface area (Å²) < 4.78 is 0. The van der Waals surface area contributed by atoms with Crippen LogP contribution in [0, 0.1) is 29.7 Å². The fourth-order valence-corrected chi connectivity index (χ4v) is 1.57. The van der Waals surface area contributed by atoms with Crippen molar-refractivity contribution in [2.24, 2.45) is 9.98 Å². The van der Waals surface area contributed by atoms with Gasteiger partial charge in [0.1, 0.15) is 0 Å². The average Bonchev–Trinajstić information content (AvgIpc) is 2.40. The molecule has 0 heterocycles. The predicted octanol–water partition coefficient (Wildman–Crippen LogP) is 3.44. The molecule has 0 saturated carbocycles. The summed E-state index contributed by atoms with van der Waals surface area (Å²) in [5.74, 6) is 0. The number of benzene rings is 1. The monoisotopic (exact) mass is 724 g/mol. The van der Waals surface area contributed by atoms with Crippen LogP contribution >= 0.6 is 0 Å². The van der Waals surface area contributed by atoms with Crippen molar-refractivity contribution in [3.8, 4) is 0 Å². The van der Waals surface area contributed by atoms with Gasteiger partial charge in [-0.1, -0.05) is 18.2 Å². The molecule has 0 radical (unpaired) electrons. The normalized spacial score (nSPS) is 9.46. The Kier molecular flexibility index (Phi) is 38.7. The summed E-state index contributed by atoms with van der Waals surface area (Å²) >= 11 is 0. The zero-order chi connectivity index (χ0) is 14.8. The number of aliphatic imine (C=N–C) groups is 2. The van der Waals surface area contributed by atoms with Crippen LogP contribution in [0.15, 0.2) is 34.3 Å². The fraction of sp³-hybridized carbons (Fsp3) is 0.400. The van der Waals surface area contributed by atoms with E-state index < -0.39 is 0 Å². The van der Waals surface area contributed by atoms with Crippen molar-refractivity contribution in [1.82, 2.24) is 9.80 Å². The Morgan fingerprint density at radius 2 is 1.08 bits per heavy atom. The molecule has 0 aliphatic rings. The first-order valence-corrected chi connectivity index (χ1v) is 6.97. The summed E-state index contributed by atoms with van der Waals surface area (Å²) in [5, 5.41) is 0. The molecule has 0 N–H and O–H groups in total. The van der Waals surface area contributed by atoms with Crippen molar-refractivity contribution in [3.63, 3.8) is 0 Å². The van der Waals surface area contributed by atoms with E-state index in [0.29, 0.717) is 0 Å². The van der Waals surface area contributed by atoms with Gasteiger partial charge in [-0.15, -0.1) is 0 Å². The van der Waals surface area contributed by atoms with Gasteiger partial charge in [0.25, 0.3) is 0 Å². The number of hydrogen-bond donors (Lipinski definition) is 0. The molecule has 0 saturated heterocycles. The van der Waals surface area contributed by atoms with Crippen LogP contribution in [-0.2, 0) is 42.1 Å². The zero-order valence-electron chi connectivity index (χ0n) is 17.7. The molecule has 0 spiro atoms. The standard InChI is InChI=1S/C16H26N4.4CH3.2Pt/c1-19(2)10-8-17-13-15-6-5-7-16(12-15)14-18-9-11-20(3)4;;;;;;/h5-7,12-14H,8-11H2,1-4H3;4*1H3;;/q;4*-1;;. The second-order valence-electron chi connectivity index (χ2n) is 5.35. The summed E-state index contributed by atoms with van der Waals surface area (Å²) in [4.78, 5) is 13.1. The molecule has 1 aromatic carbocycles. The van der Waals surface area contributed by atoms with E-state index >= 15 is 0 Å². The molecule has 0 aliphatic carbocycles. The van der Waals surface area contributed by atoms with Crippen LogP contribution in [0.2, 0.25) is 0 Å². The van der Waals surface area contributed by atoms with Gasteiger partial charge >= 0.3 is 0 Å². The predicted molar refractivity (Wildman–Crippen MR) is 114 cm³/mol. The molecule has 1 rings (SSSR count). The Labute approximate surface area is 193 Å². The summed E-state index contributed by atoms with van der Waals surface area (Å²) in [5.41, 5.74) is 2.25. The van der Waals surface area contributed by atoms with Crippen molar-refractivity contribution in [2.75, 3.05) is 54.4 Å². The van der Waals surface area contributed by atoms with Gasteiger partial charge < -0.3 is 39.5 Å². The smallest absolute Gasteiger partial charge is 0.0516 e. The van der Waals surface area contributed by atoms with E-state index in [2.05, 4.69) is 66.2 Å². The molecule has 0 fully saturated rings. The maximum atomic E-state index is 4.42. The molecule has 0 aromatic heterocycles. The van der Waals surface area contributed by atoms with Gasteiger partial charge in [0.2, 0.25) is 0 Å². The Hall–Kier alpha value is -0.143. The Bertz CT molecular complexity index is 410. The van der Waals surface area contributed by atoms with Crippen LogP contribution in [-0.4, -0.2) is 76.6 Å². The van der Waals surface area contributed by atoms with E-state index in [0.717, 1.165) is 37.3 Å². The number of nitrogens with zero attached hydrogens (tertiary/aromatic N) is 4. The van der Waals surface area contributed by atoms with Gasteiger partial charge in [0.15, 0.2) is 0 Å². The average molecular weight is 725 g/mol. The minimum atomic E-state index is 0. The zero-order valence-corrected chi connectivity index (χ0v) is 22.3. The maximum Gasteiger partial charge on any atom is 0.0516 e. The fourth-order valence-electron chi connectivity index (χ4n) is 1.57. The molecular formula is C20H38N4Pt2-4.